The van der Waals surface area contributed by atoms with Crippen LogP contribution in [0.3, 0.4) is 0 Å². The summed E-state index contributed by atoms with van der Waals surface area (Å²) in [6, 6.07) is 6.97. The number of rotatable bonds is 2. The lowest BCUT2D eigenvalue weighted by molar-refractivity contribution is 0.871. The summed E-state index contributed by atoms with van der Waals surface area (Å²) >= 11 is 0. The standard InChI is InChI=1S/C11H19Si/c1-9(2)10-6-7-11(8-10)12(3,4)5/h6-9H,1-5H3/q-1. The van der Waals surface area contributed by atoms with Gasteiger partial charge in [-0.2, -0.15) is 17.7 Å². The molecule has 0 heterocycles. The minimum Gasteiger partial charge on any atom is -0.209 e. The molecule has 0 aliphatic heterocycles. The molecular formula is C11H19Si-. The molecule has 0 nitrogen and oxygen atoms in total. The summed E-state index contributed by atoms with van der Waals surface area (Å²) in [6.45, 7) is 11.7. The highest BCUT2D eigenvalue weighted by Gasteiger charge is 2.09. The molecule has 68 valence electrons. The highest BCUT2D eigenvalue weighted by molar-refractivity contribution is 6.88. The fourth-order valence-electron chi connectivity index (χ4n) is 1.29. The summed E-state index contributed by atoms with van der Waals surface area (Å²) < 4.78 is 0. The molecule has 1 heteroatoms. The minimum atomic E-state index is -1.06. The van der Waals surface area contributed by atoms with Gasteiger partial charge in [-0.3, -0.25) is 0 Å². The maximum absolute atomic E-state index is 2.40. The van der Waals surface area contributed by atoms with Gasteiger partial charge in [-0.1, -0.05) is 33.5 Å². The normalized spacial score (nSPS) is 12.5. The van der Waals surface area contributed by atoms with Crippen molar-refractivity contribution in [1.82, 2.24) is 0 Å². The first-order valence-electron chi connectivity index (χ1n) is 4.68. The molecule has 1 rings (SSSR count). The Morgan fingerprint density at radius 3 is 2.08 bits per heavy atom. The van der Waals surface area contributed by atoms with Gasteiger partial charge < -0.3 is 0 Å². The zero-order valence-corrected chi connectivity index (χ0v) is 9.81. The summed E-state index contributed by atoms with van der Waals surface area (Å²) in [5.74, 6) is 0.676. The molecule has 0 saturated carbocycles. The fraction of sp³-hybridized carbons (Fsp3) is 0.545. The van der Waals surface area contributed by atoms with Crippen LogP contribution >= 0.6 is 0 Å². The van der Waals surface area contributed by atoms with Crippen LogP contribution in [0.15, 0.2) is 18.2 Å². The zero-order valence-electron chi connectivity index (χ0n) is 8.81. The monoisotopic (exact) mass is 179 g/mol. The van der Waals surface area contributed by atoms with Crippen molar-refractivity contribution >= 4 is 13.3 Å². The van der Waals surface area contributed by atoms with Crippen LogP contribution in [0, 0.1) is 0 Å². The first-order valence-corrected chi connectivity index (χ1v) is 8.18. The molecule has 12 heavy (non-hydrogen) atoms. The lowest BCUT2D eigenvalue weighted by Gasteiger charge is -2.21. The van der Waals surface area contributed by atoms with Crippen LogP contribution in [-0.4, -0.2) is 8.07 Å². The van der Waals surface area contributed by atoms with Crippen LogP contribution in [-0.2, 0) is 0 Å². The van der Waals surface area contributed by atoms with Crippen molar-refractivity contribution in [3.8, 4) is 0 Å². The summed E-state index contributed by atoms with van der Waals surface area (Å²) in [5.41, 5.74) is 1.49. The molecular weight excluding hydrogens is 160 g/mol. The Kier molecular flexibility index (Phi) is 2.52. The van der Waals surface area contributed by atoms with E-state index >= 15 is 0 Å². The second kappa shape index (κ2) is 3.13. The molecule has 0 radical (unpaired) electrons. The van der Waals surface area contributed by atoms with E-state index in [-0.39, 0.29) is 0 Å². The minimum absolute atomic E-state index is 0.676. The molecule has 0 fully saturated rings. The second-order valence-corrected chi connectivity index (χ2v) is 9.92. The van der Waals surface area contributed by atoms with Gasteiger partial charge in [0.15, 0.2) is 0 Å². The van der Waals surface area contributed by atoms with Gasteiger partial charge in [0, 0.05) is 8.07 Å². The van der Waals surface area contributed by atoms with E-state index in [2.05, 4.69) is 51.7 Å². The van der Waals surface area contributed by atoms with Crippen molar-refractivity contribution in [2.75, 3.05) is 0 Å². The first kappa shape index (κ1) is 9.65. The smallest absolute Gasteiger partial charge is 0.00393 e. The van der Waals surface area contributed by atoms with Gasteiger partial charge in [-0.05, 0) is 5.92 Å². The summed E-state index contributed by atoms with van der Waals surface area (Å²) in [5, 5.41) is 1.59. The zero-order chi connectivity index (χ0) is 9.35. The van der Waals surface area contributed by atoms with E-state index in [1.807, 2.05) is 0 Å². The van der Waals surface area contributed by atoms with Gasteiger partial charge in [0.1, 0.15) is 0 Å². The van der Waals surface area contributed by atoms with Crippen LogP contribution in [0.2, 0.25) is 19.6 Å². The summed E-state index contributed by atoms with van der Waals surface area (Å²) in [6.07, 6.45) is 0. The van der Waals surface area contributed by atoms with Crippen molar-refractivity contribution < 1.29 is 0 Å². The molecule has 0 atom stereocenters. The van der Waals surface area contributed by atoms with Crippen LogP contribution in [0.5, 0.6) is 0 Å². The number of hydrogen-bond acceptors (Lipinski definition) is 0. The molecule has 0 aliphatic rings. The van der Waals surface area contributed by atoms with E-state index in [1.54, 1.807) is 5.19 Å². The molecule has 0 aromatic heterocycles. The second-order valence-electron chi connectivity index (χ2n) is 4.84. The predicted octanol–water partition coefficient (Wildman–Crippen LogP) is 3.07. The van der Waals surface area contributed by atoms with Crippen molar-refractivity contribution in [3.05, 3.63) is 23.8 Å². The average molecular weight is 179 g/mol. The molecule has 1 aromatic carbocycles. The molecule has 0 bridgehead atoms. The van der Waals surface area contributed by atoms with E-state index in [9.17, 15) is 0 Å². The lowest BCUT2D eigenvalue weighted by atomic mass is 10.1. The van der Waals surface area contributed by atoms with Crippen molar-refractivity contribution in [3.63, 3.8) is 0 Å². The van der Waals surface area contributed by atoms with Crippen LogP contribution in [0.25, 0.3) is 0 Å². The maximum atomic E-state index is 2.40. The summed E-state index contributed by atoms with van der Waals surface area (Å²) in [7, 11) is -1.06. The molecule has 0 unspecified atom stereocenters. The van der Waals surface area contributed by atoms with Gasteiger partial charge in [-0.15, -0.1) is 0 Å². The van der Waals surface area contributed by atoms with Gasteiger partial charge in [0.25, 0.3) is 0 Å². The highest BCUT2D eigenvalue weighted by atomic mass is 28.3. The molecule has 0 N–H and O–H groups in total. The maximum Gasteiger partial charge on any atom is 0.00393 e. The van der Waals surface area contributed by atoms with E-state index < -0.39 is 8.07 Å². The third kappa shape index (κ3) is 2.04. The van der Waals surface area contributed by atoms with Crippen LogP contribution in [0.1, 0.15) is 25.3 Å². The first-order chi connectivity index (χ1) is 5.41. The van der Waals surface area contributed by atoms with E-state index in [4.69, 9.17) is 0 Å². The third-order valence-electron chi connectivity index (χ3n) is 2.31. The Labute approximate surface area is 77.0 Å². The lowest BCUT2D eigenvalue weighted by Crippen LogP contribution is -2.36. The Balaban J connectivity index is 2.92. The van der Waals surface area contributed by atoms with E-state index in [0.29, 0.717) is 5.92 Å². The largest absolute Gasteiger partial charge is 0.209 e. The SMILES string of the molecule is CC(C)c1cc([Si](C)(C)C)c[cH-]1. The highest BCUT2D eigenvalue weighted by Crippen LogP contribution is 2.15. The van der Waals surface area contributed by atoms with E-state index in [1.165, 1.54) is 5.56 Å². The molecule has 0 amide bonds. The van der Waals surface area contributed by atoms with Crippen LogP contribution in [0.4, 0.5) is 0 Å². The van der Waals surface area contributed by atoms with Gasteiger partial charge >= 0.3 is 0 Å². The Bertz CT molecular complexity index is 250. The average Bonchev–Trinajstić information content (AvgIpc) is 2.30. The quantitative estimate of drug-likeness (QED) is 0.483. The third-order valence-corrected chi connectivity index (χ3v) is 4.35. The molecule has 0 spiro atoms. The van der Waals surface area contributed by atoms with Gasteiger partial charge in [0.2, 0.25) is 0 Å². The van der Waals surface area contributed by atoms with Crippen molar-refractivity contribution in [1.29, 1.82) is 0 Å². The molecule has 0 aliphatic carbocycles. The van der Waals surface area contributed by atoms with Gasteiger partial charge in [0.05, 0.1) is 0 Å². The Morgan fingerprint density at radius 1 is 1.25 bits per heavy atom. The Morgan fingerprint density at radius 2 is 1.83 bits per heavy atom. The van der Waals surface area contributed by atoms with Crippen LogP contribution < -0.4 is 5.19 Å². The van der Waals surface area contributed by atoms with E-state index in [0.717, 1.165) is 0 Å². The predicted molar refractivity (Wildman–Crippen MR) is 59.1 cm³/mol. The topological polar surface area (TPSA) is 0 Å². The van der Waals surface area contributed by atoms with Crippen molar-refractivity contribution in [2.45, 2.75) is 39.4 Å². The Hall–Kier alpha value is -0.433. The molecule has 1 aromatic rings. The van der Waals surface area contributed by atoms with Gasteiger partial charge in [-0.25, -0.2) is 11.3 Å². The fourth-order valence-corrected chi connectivity index (χ4v) is 2.47. The molecule has 0 saturated heterocycles. The summed E-state index contributed by atoms with van der Waals surface area (Å²) in [4.78, 5) is 0. The number of hydrogen-bond donors (Lipinski definition) is 0. The van der Waals surface area contributed by atoms with Crippen molar-refractivity contribution in [2.24, 2.45) is 0 Å².